The summed E-state index contributed by atoms with van der Waals surface area (Å²) in [5.74, 6) is 0. The minimum atomic E-state index is -0.0264. The van der Waals surface area contributed by atoms with Crippen molar-refractivity contribution in [2.45, 2.75) is 13.0 Å². The zero-order valence-electron chi connectivity index (χ0n) is 7.08. The minimum Gasteiger partial charge on any atom is -0.323 e. The van der Waals surface area contributed by atoms with Gasteiger partial charge in [-0.1, -0.05) is 0 Å². The van der Waals surface area contributed by atoms with E-state index < -0.39 is 0 Å². The van der Waals surface area contributed by atoms with Crippen LogP contribution in [0.15, 0.2) is 18.0 Å². The summed E-state index contributed by atoms with van der Waals surface area (Å²) in [4.78, 5) is 4.33. The van der Waals surface area contributed by atoms with Gasteiger partial charge in [0.15, 0.2) is 5.13 Å². The Kier molecular flexibility index (Phi) is 2.07. The molecule has 0 aliphatic carbocycles. The quantitative estimate of drug-likeness (QED) is 0.767. The molecule has 0 aromatic carbocycles. The molecule has 0 aliphatic rings. The van der Waals surface area contributed by atoms with Crippen LogP contribution in [0.2, 0.25) is 0 Å². The van der Waals surface area contributed by atoms with E-state index in [1.54, 1.807) is 17.2 Å². The molecule has 68 valence electrons. The lowest BCUT2D eigenvalue weighted by Gasteiger charge is -1.97. The monoisotopic (exact) mass is 195 g/mol. The fraction of sp³-hybridized carbons (Fsp3) is 0.286. The molecular weight excluding hydrogens is 186 g/mol. The third-order valence-corrected chi connectivity index (χ3v) is 2.49. The Morgan fingerprint density at radius 1 is 1.46 bits per heavy atom. The molecule has 0 radical (unpaired) electrons. The van der Waals surface area contributed by atoms with Crippen molar-refractivity contribution < 1.29 is 0 Å². The highest BCUT2D eigenvalue weighted by Gasteiger charge is 2.06. The van der Waals surface area contributed by atoms with Gasteiger partial charge in [0, 0.05) is 11.4 Å². The third kappa shape index (κ3) is 1.58. The Hall–Kier alpha value is -1.27. The van der Waals surface area contributed by atoms with Crippen molar-refractivity contribution in [3.05, 3.63) is 23.7 Å². The Morgan fingerprint density at radius 2 is 2.15 bits per heavy atom. The van der Waals surface area contributed by atoms with Crippen molar-refractivity contribution in [1.82, 2.24) is 19.7 Å². The summed E-state index contributed by atoms with van der Waals surface area (Å²) in [6.07, 6.45) is 3.23. The van der Waals surface area contributed by atoms with Crippen LogP contribution in [0.5, 0.6) is 0 Å². The molecule has 2 aromatic heterocycles. The lowest BCUT2D eigenvalue weighted by atomic mass is 10.3. The van der Waals surface area contributed by atoms with Gasteiger partial charge in [-0.25, -0.2) is 4.98 Å². The van der Waals surface area contributed by atoms with Crippen molar-refractivity contribution in [2.75, 3.05) is 0 Å². The SMILES string of the molecule is CC(N)c1csc(-n2cnnc2)n1. The van der Waals surface area contributed by atoms with E-state index in [2.05, 4.69) is 15.2 Å². The fourth-order valence-electron chi connectivity index (χ4n) is 0.903. The average Bonchev–Trinajstić information content (AvgIpc) is 2.75. The minimum absolute atomic E-state index is 0.0264. The lowest BCUT2D eigenvalue weighted by Crippen LogP contribution is -2.05. The van der Waals surface area contributed by atoms with Gasteiger partial charge in [-0.05, 0) is 6.92 Å². The molecule has 2 rings (SSSR count). The number of hydrogen-bond donors (Lipinski definition) is 1. The number of nitrogens with two attached hydrogens (primary N) is 1. The molecule has 5 nitrogen and oxygen atoms in total. The predicted octanol–water partition coefficient (Wildman–Crippen LogP) is 0.744. The molecule has 0 amide bonds. The summed E-state index contributed by atoms with van der Waals surface area (Å²) in [7, 11) is 0. The van der Waals surface area contributed by atoms with Crippen molar-refractivity contribution in [2.24, 2.45) is 5.73 Å². The first-order chi connectivity index (χ1) is 6.27. The van der Waals surface area contributed by atoms with Gasteiger partial charge in [0.05, 0.1) is 5.69 Å². The van der Waals surface area contributed by atoms with Crippen LogP contribution >= 0.6 is 11.3 Å². The number of aromatic nitrogens is 4. The summed E-state index contributed by atoms with van der Waals surface area (Å²) in [5.41, 5.74) is 6.58. The van der Waals surface area contributed by atoms with Gasteiger partial charge in [0.25, 0.3) is 0 Å². The molecular formula is C7H9N5S. The van der Waals surface area contributed by atoms with E-state index in [0.717, 1.165) is 10.8 Å². The Bertz CT molecular complexity index is 377. The van der Waals surface area contributed by atoms with Crippen LogP contribution in [-0.2, 0) is 0 Å². The maximum Gasteiger partial charge on any atom is 0.196 e. The maximum atomic E-state index is 5.68. The first-order valence-corrected chi connectivity index (χ1v) is 4.71. The van der Waals surface area contributed by atoms with Crippen molar-refractivity contribution in [1.29, 1.82) is 0 Å². The van der Waals surface area contributed by atoms with Crippen LogP contribution in [0.4, 0.5) is 0 Å². The zero-order valence-corrected chi connectivity index (χ0v) is 7.90. The topological polar surface area (TPSA) is 69.6 Å². The molecule has 2 aromatic rings. The van der Waals surface area contributed by atoms with Crippen LogP contribution < -0.4 is 5.73 Å². The van der Waals surface area contributed by atoms with Gasteiger partial charge < -0.3 is 5.73 Å². The fourth-order valence-corrected chi connectivity index (χ4v) is 1.77. The van der Waals surface area contributed by atoms with Crippen LogP contribution in [0.3, 0.4) is 0 Å². The number of nitrogens with zero attached hydrogens (tertiary/aromatic N) is 4. The van der Waals surface area contributed by atoms with Gasteiger partial charge in [0.2, 0.25) is 0 Å². The highest BCUT2D eigenvalue weighted by atomic mass is 32.1. The Balaban J connectivity index is 2.33. The van der Waals surface area contributed by atoms with Gasteiger partial charge in [-0.3, -0.25) is 4.57 Å². The van der Waals surface area contributed by atoms with Gasteiger partial charge >= 0.3 is 0 Å². The average molecular weight is 195 g/mol. The van der Waals surface area contributed by atoms with Gasteiger partial charge in [-0.2, -0.15) is 0 Å². The van der Waals surface area contributed by atoms with Crippen LogP contribution in [0.25, 0.3) is 5.13 Å². The van der Waals surface area contributed by atoms with Gasteiger partial charge in [-0.15, -0.1) is 21.5 Å². The predicted molar refractivity (Wildman–Crippen MR) is 49.6 cm³/mol. The molecule has 0 bridgehead atoms. The molecule has 0 saturated carbocycles. The van der Waals surface area contributed by atoms with E-state index in [1.165, 1.54) is 11.3 Å². The smallest absolute Gasteiger partial charge is 0.196 e. The summed E-state index contributed by atoms with van der Waals surface area (Å²) in [6, 6.07) is -0.0264. The summed E-state index contributed by atoms with van der Waals surface area (Å²) in [6.45, 7) is 1.91. The Morgan fingerprint density at radius 3 is 2.69 bits per heavy atom. The summed E-state index contributed by atoms with van der Waals surface area (Å²) < 4.78 is 1.76. The summed E-state index contributed by atoms with van der Waals surface area (Å²) >= 11 is 1.53. The molecule has 2 N–H and O–H groups in total. The first-order valence-electron chi connectivity index (χ1n) is 3.83. The molecule has 0 fully saturated rings. The van der Waals surface area contributed by atoms with Crippen LogP contribution in [0, 0.1) is 0 Å². The van der Waals surface area contributed by atoms with Gasteiger partial charge in [0.1, 0.15) is 12.7 Å². The molecule has 0 spiro atoms. The summed E-state index contributed by atoms with van der Waals surface area (Å²) in [5, 5.41) is 10.2. The number of rotatable bonds is 2. The van der Waals surface area contributed by atoms with E-state index in [9.17, 15) is 0 Å². The molecule has 0 aliphatic heterocycles. The van der Waals surface area contributed by atoms with Crippen molar-refractivity contribution in [3.8, 4) is 5.13 Å². The van der Waals surface area contributed by atoms with Crippen LogP contribution in [0.1, 0.15) is 18.7 Å². The Labute approximate surface area is 79.2 Å². The second-order valence-electron chi connectivity index (χ2n) is 2.71. The van der Waals surface area contributed by atoms with Crippen LogP contribution in [-0.4, -0.2) is 19.7 Å². The number of thiazole rings is 1. The highest BCUT2D eigenvalue weighted by Crippen LogP contribution is 2.17. The van der Waals surface area contributed by atoms with E-state index in [0.29, 0.717) is 0 Å². The molecule has 1 atom stereocenters. The molecule has 13 heavy (non-hydrogen) atoms. The first kappa shape index (κ1) is 8.33. The number of hydrogen-bond acceptors (Lipinski definition) is 5. The molecule has 6 heteroatoms. The molecule has 1 unspecified atom stereocenters. The van der Waals surface area contributed by atoms with E-state index in [-0.39, 0.29) is 6.04 Å². The lowest BCUT2D eigenvalue weighted by molar-refractivity contribution is 0.784. The maximum absolute atomic E-state index is 5.68. The van der Waals surface area contributed by atoms with E-state index in [4.69, 9.17) is 5.73 Å². The third-order valence-electron chi connectivity index (χ3n) is 1.62. The normalized spacial score (nSPS) is 13.1. The highest BCUT2D eigenvalue weighted by molar-refractivity contribution is 7.12. The van der Waals surface area contributed by atoms with E-state index >= 15 is 0 Å². The zero-order chi connectivity index (χ0) is 9.26. The van der Waals surface area contributed by atoms with Crippen molar-refractivity contribution in [3.63, 3.8) is 0 Å². The van der Waals surface area contributed by atoms with Crippen molar-refractivity contribution >= 4 is 11.3 Å². The largest absolute Gasteiger partial charge is 0.323 e. The second kappa shape index (κ2) is 3.23. The molecule has 2 heterocycles. The second-order valence-corrected chi connectivity index (χ2v) is 3.55. The molecule has 0 saturated heterocycles. The standard InChI is InChI=1S/C7H9N5S/c1-5(8)6-2-13-7(11-6)12-3-9-10-4-12/h2-5H,8H2,1H3. The van der Waals surface area contributed by atoms with E-state index in [1.807, 2.05) is 12.3 Å².